The van der Waals surface area contributed by atoms with Crippen LogP contribution in [0.15, 0.2) is 28.7 Å². The molecule has 0 saturated carbocycles. The van der Waals surface area contributed by atoms with Gasteiger partial charge in [0.05, 0.1) is 13.2 Å². The molecule has 1 N–H and O–H groups in total. The van der Waals surface area contributed by atoms with Gasteiger partial charge in [-0.05, 0) is 30.9 Å². The second-order valence-corrected chi connectivity index (χ2v) is 7.92. The van der Waals surface area contributed by atoms with Crippen molar-refractivity contribution in [3.8, 4) is 0 Å². The average molecular weight is 431 g/mol. The van der Waals surface area contributed by atoms with Crippen molar-refractivity contribution in [3.05, 3.63) is 30.2 Å². The number of alkyl carbamates (subject to hydrolysis) is 1. The van der Waals surface area contributed by atoms with Crippen LogP contribution in [0.4, 0.5) is 4.79 Å². The first-order valence-electron chi connectivity index (χ1n) is 10.6. The van der Waals surface area contributed by atoms with Crippen LogP contribution >= 0.6 is 0 Å². The monoisotopic (exact) mass is 431 g/mol. The van der Waals surface area contributed by atoms with Crippen LogP contribution < -0.4 is 5.32 Å². The molecule has 2 atom stereocenters. The first kappa shape index (κ1) is 22.7. The largest absolute Gasteiger partial charge is 0.436 e. The van der Waals surface area contributed by atoms with E-state index in [1.54, 1.807) is 36.1 Å². The Kier molecular flexibility index (Phi) is 7.62. The van der Waals surface area contributed by atoms with Gasteiger partial charge in [-0.1, -0.05) is 32.9 Å². The predicted molar refractivity (Wildman–Crippen MR) is 113 cm³/mol. The third-order valence-corrected chi connectivity index (χ3v) is 5.05. The number of amides is 2. The number of carbonyl (C=O) groups excluding carboxylic acids is 3. The van der Waals surface area contributed by atoms with Gasteiger partial charge in [-0.25, -0.2) is 9.78 Å². The predicted octanol–water partition coefficient (Wildman–Crippen LogP) is 2.79. The van der Waals surface area contributed by atoms with Gasteiger partial charge in [0.15, 0.2) is 11.7 Å². The molecule has 1 aliphatic heterocycles. The van der Waals surface area contributed by atoms with Crippen molar-refractivity contribution in [2.24, 2.45) is 5.92 Å². The molecule has 1 aromatic heterocycles. The number of para-hydroxylation sites is 2. The van der Waals surface area contributed by atoms with E-state index in [4.69, 9.17) is 13.9 Å². The molecular formula is C22H29N3O6. The van der Waals surface area contributed by atoms with Crippen molar-refractivity contribution in [1.82, 2.24) is 15.2 Å². The average Bonchev–Trinajstić information content (AvgIpc) is 3.20. The Morgan fingerprint density at radius 1 is 1.19 bits per heavy atom. The molecule has 2 aromatic rings. The molecule has 0 bridgehead atoms. The van der Waals surface area contributed by atoms with Crippen LogP contribution in [0, 0.1) is 5.92 Å². The second-order valence-electron chi connectivity index (χ2n) is 7.92. The van der Waals surface area contributed by atoms with Crippen molar-refractivity contribution < 1.29 is 28.3 Å². The molecule has 0 unspecified atom stereocenters. The summed E-state index contributed by atoms with van der Waals surface area (Å²) >= 11 is 0. The highest BCUT2D eigenvalue weighted by molar-refractivity contribution is 5.99. The first-order valence-corrected chi connectivity index (χ1v) is 10.6. The zero-order valence-electron chi connectivity index (χ0n) is 18.1. The number of nitrogens with zero attached hydrogens (tertiary/aromatic N) is 2. The number of carbonyl (C=O) groups is 3. The summed E-state index contributed by atoms with van der Waals surface area (Å²) in [7, 11) is 0. The van der Waals surface area contributed by atoms with E-state index in [1.807, 2.05) is 13.8 Å². The van der Waals surface area contributed by atoms with E-state index >= 15 is 0 Å². The zero-order valence-corrected chi connectivity index (χ0v) is 18.1. The lowest BCUT2D eigenvalue weighted by molar-refractivity contribution is -0.145. The van der Waals surface area contributed by atoms with Crippen molar-refractivity contribution in [2.45, 2.75) is 45.8 Å². The number of oxazole rings is 1. The van der Waals surface area contributed by atoms with Crippen LogP contribution in [0.5, 0.6) is 0 Å². The highest BCUT2D eigenvalue weighted by atomic mass is 16.6. The van der Waals surface area contributed by atoms with Gasteiger partial charge in [-0.2, -0.15) is 0 Å². The molecule has 3 rings (SSSR count). The van der Waals surface area contributed by atoms with Crippen LogP contribution in [0.2, 0.25) is 0 Å². The molecule has 2 amide bonds. The molecule has 0 radical (unpaired) electrons. The Morgan fingerprint density at radius 3 is 2.55 bits per heavy atom. The number of ketones is 1. The molecule has 0 spiro atoms. The van der Waals surface area contributed by atoms with Crippen LogP contribution in [-0.4, -0.2) is 66.1 Å². The number of hydrogen-bond acceptors (Lipinski definition) is 7. The summed E-state index contributed by atoms with van der Waals surface area (Å²) in [6.07, 6.45) is -1.03. The first-order chi connectivity index (χ1) is 14.9. The van der Waals surface area contributed by atoms with E-state index in [9.17, 15) is 14.4 Å². The van der Waals surface area contributed by atoms with Crippen LogP contribution in [0.3, 0.4) is 0 Å². The Balaban J connectivity index is 1.65. The summed E-state index contributed by atoms with van der Waals surface area (Å²) in [6, 6.07) is 6.17. The lowest BCUT2D eigenvalue weighted by Gasteiger charge is -2.31. The van der Waals surface area contributed by atoms with Gasteiger partial charge >= 0.3 is 6.09 Å². The standard InChI is InChI=1S/C22H29N3O6/c1-4-15(19(26)20-23-16-7-5-6-8-17(16)30-20)24-22(28)31-18(13-14(2)3)21(27)25-9-11-29-12-10-25/h5-8,14-15,18H,4,9-13H2,1-3H3,(H,24,28)/t15-,18-/m0/s1. The lowest BCUT2D eigenvalue weighted by Crippen LogP contribution is -2.49. The maximum atomic E-state index is 12.9. The number of Topliss-reactive ketones (excluding diaryl/α,β-unsaturated/α-hetero) is 1. The Morgan fingerprint density at radius 2 is 1.90 bits per heavy atom. The summed E-state index contributed by atoms with van der Waals surface area (Å²) in [4.78, 5) is 44.1. The molecule has 2 heterocycles. The van der Waals surface area contributed by atoms with Crippen molar-refractivity contribution >= 4 is 28.9 Å². The highest BCUT2D eigenvalue weighted by Gasteiger charge is 2.32. The van der Waals surface area contributed by atoms with E-state index in [0.29, 0.717) is 50.2 Å². The van der Waals surface area contributed by atoms with E-state index in [0.717, 1.165) is 0 Å². The summed E-state index contributed by atoms with van der Waals surface area (Å²) in [5.74, 6) is -0.622. The van der Waals surface area contributed by atoms with Crippen molar-refractivity contribution in [2.75, 3.05) is 26.3 Å². The normalized spacial score (nSPS) is 16.2. The number of fused-ring (bicyclic) bond motifs is 1. The maximum Gasteiger partial charge on any atom is 0.408 e. The number of morpholine rings is 1. The highest BCUT2D eigenvalue weighted by Crippen LogP contribution is 2.17. The van der Waals surface area contributed by atoms with E-state index in [-0.39, 0.29) is 17.7 Å². The number of aromatic nitrogens is 1. The Hall–Kier alpha value is -2.94. The lowest BCUT2D eigenvalue weighted by atomic mass is 10.0. The van der Waals surface area contributed by atoms with E-state index in [2.05, 4.69) is 10.3 Å². The minimum Gasteiger partial charge on any atom is -0.436 e. The second kappa shape index (κ2) is 10.4. The maximum absolute atomic E-state index is 12.9. The fourth-order valence-corrected chi connectivity index (χ4v) is 3.40. The molecular weight excluding hydrogens is 402 g/mol. The minimum absolute atomic E-state index is 0.0727. The van der Waals surface area contributed by atoms with Gasteiger partial charge in [0.2, 0.25) is 5.78 Å². The van der Waals surface area contributed by atoms with Gasteiger partial charge in [-0.3, -0.25) is 9.59 Å². The molecule has 1 saturated heterocycles. The summed E-state index contributed by atoms with van der Waals surface area (Å²) in [5.41, 5.74) is 1.06. The molecule has 0 aliphatic carbocycles. The Labute approximate surface area is 181 Å². The third-order valence-electron chi connectivity index (χ3n) is 5.05. The van der Waals surface area contributed by atoms with Crippen LogP contribution in [-0.2, 0) is 14.3 Å². The molecule has 1 aromatic carbocycles. The van der Waals surface area contributed by atoms with Crippen LogP contribution in [0.1, 0.15) is 44.3 Å². The minimum atomic E-state index is -0.921. The van der Waals surface area contributed by atoms with Gasteiger partial charge in [0.25, 0.3) is 11.8 Å². The number of nitrogens with one attached hydrogen (secondary N) is 1. The summed E-state index contributed by atoms with van der Waals surface area (Å²) < 4.78 is 16.3. The smallest absolute Gasteiger partial charge is 0.408 e. The van der Waals surface area contributed by atoms with Gasteiger partial charge in [0.1, 0.15) is 11.6 Å². The summed E-state index contributed by atoms with van der Waals surface area (Å²) in [6.45, 7) is 7.51. The Bertz CT molecular complexity index is 886. The SMILES string of the molecule is CC[C@H](NC(=O)O[C@@H](CC(C)C)C(=O)N1CCOCC1)C(=O)c1nc2ccccc2o1. The molecule has 9 nitrogen and oxygen atoms in total. The fraction of sp³-hybridized carbons (Fsp3) is 0.545. The van der Waals surface area contributed by atoms with Gasteiger partial charge < -0.3 is 24.1 Å². The zero-order chi connectivity index (χ0) is 22.4. The van der Waals surface area contributed by atoms with Crippen molar-refractivity contribution in [3.63, 3.8) is 0 Å². The van der Waals surface area contributed by atoms with E-state index in [1.165, 1.54) is 0 Å². The topological polar surface area (TPSA) is 111 Å². The number of ether oxygens (including phenoxy) is 2. The quantitative estimate of drug-likeness (QED) is 0.640. The third kappa shape index (κ3) is 5.81. The summed E-state index contributed by atoms with van der Waals surface area (Å²) in [5, 5.41) is 2.56. The molecule has 168 valence electrons. The molecule has 9 heteroatoms. The molecule has 1 fully saturated rings. The molecule has 31 heavy (non-hydrogen) atoms. The number of benzene rings is 1. The van der Waals surface area contributed by atoms with E-state index < -0.39 is 24.0 Å². The fourth-order valence-electron chi connectivity index (χ4n) is 3.40. The number of hydrogen-bond donors (Lipinski definition) is 1. The van der Waals surface area contributed by atoms with Gasteiger partial charge in [0, 0.05) is 13.1 Å². The van der Waals surface area contributed by atoms with Gasteiger partial charge in [-0.15, -0.1) is 0 Å². The van der Waals surface area contributed by atoms with Crippen molar-refractivity contribution in [1.29, 1.82) is 0 Å². The van der Waals surface area contributed by atoms with Crippen LogP contribution in [0.25, 0.3) is 11.1 Å². The molecule has 1 aliphatic rings. The number of rotatable bonds is 8.